The normalized spacial score (nSPS) is 12.8. The van der Waals surface area contributed by atoms with Crippen molar-refractivity contribution in [1.29, 1.82) is 0 Å². The molecule has 1 aromatic rings. The molecule has 0 aliphatic rings. The summed E-state index contributed by atoms with van der Waals surface area (Å²) in [6.07, 6.45) is 3.23. The molecule has 16 heavy (non-hydrogen) atoms. The summed E-state index contributed by atoms with van der Waals surface area (Å²) in [5.41, 5.74) is 2.49. The minimum absolute atomic E-state index is 0.0415. The largest absolute Gasteiger partial charge is 0.303 e. The molecule has 0 aliphatic heterocycles. The summed E-state index contributed by atoms with van der Waals surface area (Å²) < 4.78 is 0. The predicted octanol–water partition coefficient (Wildman–Crippen LogP) is 4.14. The molecule has 1 atom stereocenters. The van der Waals surface area contributed by atoms with Gasteiger partial charge < -0.3 is 4.79 Å². The van der Waals surface area contributed by atoms with Crippen molar-refractivity contribution in [3.63, 3.8) is 0 Å². The van der Waals surface area contributed by atoms with Crippen LogP contribution < -0.4 is 0 Å². The van der Waals surface area contributed by atoms with Crippen LogP contribution in [0.3, 0.4) is 0 Å². The van der Waals surface area contributed by atoms with Gasteiger partial charge in [-0.2, -0.15) is 0 Å². The van der Waals surface area contributed by atoms with Gasteiger partial charge >= 0.3 is 0 Å². The number of hydrogen-bond donors (Lipinski definition) is 0. The molecule has 1 unspecified atom stereocenters. The number of halogens is 1. The van der Waals surface area contributed by atoms with Crippen molar-refractivity contribution < 1.29 is 4.79 Å². The van der Waals surface area contributed by atoms with E-state index in [9.17, 15) is 4.79 Å². The zero-order valence-corrected chi connectivity index (χ0v) is 10.7. The lowest BCUT2D eigenvalue weighted by atomic mass is 9.95. The molecule has 0 aromatic heterocycles. The van der Waals surface area contributed by atoms with Crippen LogP contribution in [0.15, 0.2) is 24.3 Å². The van der Waals surface area contributed by atoms with Crippen LogP contribution in [0.1, 0.15) is 43.2 Å². The molecule has 0 bridgehead atoms. The van der Waals surface area contributed by atoms with Gasteiger partial charge in [0.05, 0.1) is 5.38 Å². The Morgan fingerprint density at radius 1 is 1.31 bits per heavy atom. The van der Waals surface area contributed by atoms with E-state index in [2.05, 4.69) is 26.0 Å². The first-order valence-electron chi connectivity index (χ1n) is 5.80. The number of hydrogen-bond acceptors (Lipinski definition) is 1. The van der Waals surface area contributed by atoms with Crippen LogP contribution in [0, 0.1) is 5.92 Å². The van der Waals surface area contributed by atoms with Crippen LogP contribution in [0.5, 0.6) is 0 Å². The fraction of sp³-hybridized carbons (Fsp3) is 0.500. The molecule has 0 fully saturated rings. The van der Waals surface area contributed by atoms with Crippen molar-refractivity contribution in [3.05, 3.63) is 35.4 Å². The molecule has 2 heteroatoms. The Morgan fingerprint density at radius 3 is 2.62 bits per heavy atom. The van der Waals surface area contributed by atoms with E-state index in [4.69, 9.17) is 11.6 Å². The summed E-state index contributed by atoms with van der Waals surface area (Å²) in [6, 6.07) is 8.26. The summed E-state index contributed by atoms with van der Waals surface area (Å²) in [6.45, 7) is 4.40. The Morgan fingerprint density at radius 2 is 2.00 bits per heavy atom. The lowest BCUT2D eigenvalue weighted by Gasteiger charge is -2.15. The maximum Gasteiger partial charge on any atom is 0.120 e. The topological polar surface area (TPSA) is 17.1 Å². The molecule has 0 heterocycles. The van der Waals surface area contributed by atoms with Crippen molar-refractivity contribution in [2.75, 3.05) is 0 Å². The lowest BCUT2D eigenvalue weighted by Crippen LogP contribution is -2.01. The highest BCUT2D eigenvalue weighted by Gasteiger charge is 2.12. The third-order valence-electron chi connectivity index (χ3n) is 2.56. The summed E-state index contributed by atoms with van der Waals surface area (Å²) in [5.74, 6) is 0.621. The van der Waals surface area contributed by atoms with Crippen molar-refractivity contribution in [3.8, 4) is 0 Å². The maximum atomic E-state index is 10.3. The van der Waals surface area contributed by atoms with Gasteiger partial charge in [-0.15, -0.1) is 11.6 Å². The highest BCUT2D eigenvalue weighted by molar-refractivity contribution is 6.20. The van der Waals surface area contributed by atoms with E-state index < -0.39 is 0 Å². The minimum atomic E-state index is -0.0415. The van der Waals surface area contributed by atoms with Gasteiger partial charge in [-0.1, -0.05) is 38.1 Å². The van der Waals surface area contributed by atoms with Gasteiger partial charge in [0.15, 0.2) is 0 Å². The number of benzene rings is 1. The average molecular weight is 239 g/mol. The lowest BCUT2D eigenvalue weighted by molar-refractivity contribution is -0.107. The van der Waals surface area contributed by atoms with E-state index in [0.29, 0.717) is 12.3 Å². The second-order valence-corrected chi connectivity index (χ2v) is 5.04. The molecular formula is C14H19ClO. The van der Waals surface area contributed by atoms with Crippen LogP contribution >= 0.6 is 11.6 Å². The highest BCUT2D eigenvalue weighted by atomic mass is 35.5. The maximum absolute atomic E-state index is 10.3. The number of alkyl halides is 1. The molecule has 1 rings (SSSR count). The van der Waals surface area contributed by atoms with Gasteiger partial charge in [0.1, 0.15) is 6.29 Å². The summed E-state index contributed by atoms with van der Waals surface area (Å²) in [7, 11) is 0. The summed E-state index contributed by atoms with van der Waals surface area (Å²) in [4.78, 5) is 10.3. The van der Waals surface area contributed by atoms with E-state index in [1.54, 1.807) is 0 Å². The Kier molecular flexibility index (Phi) is 5.54. The second kappa shape index (κ2) is 6.70. The van der Waals surface area contributed by atoms with Crippen molar-refractivity contribution in [2.45, 2.75) is 38.5 Å². The molecule has 0 amide bonds. The Labute approximate surface area is 103 Å². The average Bonchev–Trinajstić information content (AvgIpc) is 2.26. The molecule has 1 aromatic carbocycles. The highest BCUT2D eigenvalue weighted by Crippen LogP contribution is 2.29. The van der Waals surface area contributed by atoms with Crippen LogP contribution in [-0.2, 0) is 11.2 Å². The monoisotopic (exact) mass is 238 g/mol. The third-order valence-corrected chi connectivity index (χ3v) is 3.01. The van der Waals surface area contributed by atoms with E-state index in [-0.39, 0.29) is 5.38 Å². The molecule has 0 aliphatic carbocycles. The number of carbonyl (C=O) groups is 1. The SMILES string of the molecule is CC(C)Cc1ccccc1C(Cl)CCC=O. The molecular weight excluding hydrogens is 220 g/mol. The van der Waals surface area contributed by atoms with Crippen molar-refractivity contribution >= 4 is 17.9 Å². The van der Waals surface area contributed by atoms with E-state index in [0.717, 1.165) is 19.1 Å². The minimum Gasteiger partial charge on any atom is -0.303 e. The smallest absolute Gasteiger partial charge is 0.120 e. The fourth-order valence-electron chi connectivity index (χ4n) is 1.84. The fourth-order valence-corrected chi connectivity index (χ4v) is 2.17. The first-order valence-corrected chi connectivity index (χ1v) is 6.24. The molecule has 88 valence electrons. The molecule has 1 nitrogen and oxygen atoms in total. The van der Waals surface area contributed by atoms with Crippen LogP contribution in [0.25, 0.3) is 0 Å². The second-order valence-electron chi connectivity index (χ2n) is 4.51. The quantitative estimate of drug-likeness (QED) is 0.538. The number of carbonyl (C=O) groups excluding carboxylic acids is 1. The van der Waals surface area contributed by atoms with E-state index in [1.165, 1.54) is 11.1 Å². The van der Waals surface area contributed by atoms with Gasteiger partial charge in [0.25, 0.3) is 0 Å². The van der Waals surface area contributed by atoms with Crippen molar-refractivity contribution in [2.24, 2.45) is 5.92 Å². The van der Waals surface area contributed by atoms with Gasteiger partial charge in [-0.25, -0.2) is 0 Å². The molecule has 0 saturated heterocycles. The van der Waals surface area contributed by atoms with Crippen LogP contribution in [0.4, 0.5) is 0 Å². The first kappa shape index (κ1) is 13.2. The zero-order valence-electron chi connectivity index (χ0n) is 9.95. The Hall–Kier alpha value is -0.820. The molecule has 0 N–H and O–H groups in total. The van der Waals surface area contributed by atoms with Gasteiger partial charge in [-0.3, -0.25) is 0 Å². The van der Waals surface area contributed by atoms with Crippen LogP contribution in [-0.4, -0.2) is 6.29 Å². The molecule has 0 radical (unpaired) electrons. The zero-order chi connectivity index (χ0) is 12.0. The van der Waals surface area contributed by atoms with Gasteiger partial charge in [0, 0.05) is 6.42 Å². The number of aldehydes is 1. The van der Waals surface area contributed by atoms with Crippen LogP contribution in [0.2, 0.25) is 0 Å². The Bertz CT molecular complexity index is 333. The predicted molar refractivity (Wildman–Crippen MR) is 68.9 cm³/mol. The molecule has 0 saturated carbocycles. The Balaban J connectivity index is 2.80. The standard InChI is InChI=1S/C14H19ClO/c1-11(2)10-12-6-3-4-7-13(12)14(15)8-5-9-16/h3-4,6-7,9,11,14H,5,8,10H2,1-2H3. The first-order chi connectivity index (χ1) is 7.65. The third kappa shape index (κ3) is 3.97. The number of rotatable bonds is 6. The summed E-state index contributed by atoms with van der Waals surface area (Å²) in [5, 5.41) is -0.0415. The van der Waals surface area contributed by atoms with Gasteiger partial charge in [-0.05, 0) is 29.9 Å². The summed E-state index contributed by atoms with van der Waals surface area (Å²) >= 11 is 6.31. The van der Waals surface area contributed by atoms with E-state index in [1.807, 2.05) is 12.1 Å². The molecule has 0 spiro atoms. The van der Waals surface area contributed by atoms with E-state index >= 15 is 0 Å². The van der Waals surface area contributed by atoms with Crippen molar-refractivity contribution in [1.82, 2.24) is 0 Å². The van der Waals surface area contributed by atoms with Gasteiger partial charge in [0.2, 0.25) is 0 Å².